The Labute approximate surface area is 166 Å². The first-order valence-corrected chi connectivity index (χ1v) is 8.81. The van der Waals surface area contributed by atoms with Gasteiger partial charge >= 0.3 is 0 Å². The van der Waals surface area contributed by atoms with Crippen molar-refractivity contribution >= 4 is 30.6 Å². The first-order valence-electron chi connectivity index (χ1n) is 8.81. The summed E-state index contributed by atoms with van der Waals surface area (Å²) in [4.78, 5) is 20.1. The van der Waals surface area contributed by atoms with Crippen LogP contribution in [0.15, 0.2) is 24.7 Å². The van der Waals surface area contributed by atoms with Gasteiger partial charge in [0.1, 0.15) is 18.0 Å². The van der Waals surface area contributed by atoms with Crippen molar-refractivity contribution in [2.75, 3.05) is 18.0 Å². The third-order valence-corrected chi connectivity index (χ3v) is 5.30. The van der Waals surface area contributed by atoms with Gasteiger partial charge in [-0.25, -0.2) is 19.9 Å². The molecule has 0 amide bonds. The summed E-state index contributed by atoms with van der Waals surface area (Å²) in [5.41, 5.74) is 8.23. The lowest BCUT2D eigenvalue weighted by Gasteiger charge is -2.34. The van der Waals surface area contributed by atoms with E-state index in [4.69, 9.17) is 5.73 Å². The van der Waals surface area contributed by atoms with E-state index in [9.17, 15) is 0 Å². The van der Waals surface area contributed by atoms with Crippen LogP contribution in [0.1, 0.15) is 54.7 Å². The van der Waals surface area contributed by atoms with E-state index >= 15 is 0 Å². The van der Waals surface area contributed by atoms with E-state index in [2.05, 4.69) is 37.0 Å². The minimum Gasteiger partial charge on any atom is -0.356 e. The van der Waals surface area contributed by atoms with Crippen LogP contribution in [0.4, 0.5) is 5.82 Å². The molecule has 1 saturated heterocycles. The number of aromatic nitrogens is 4. The molecule has 2 aliphatic rings. The van der Waals surface area contributed by atoms with Crippen LogP contribution in [-0.2, 0) is 0 Å². The molecule has 0 bridgehead atoms. The molecule has 0 aromatic carbocycles. The van der Waals surface area contributed by atoms with Crippen LogP contribution in [0.3, 0.4) is 0 Å². The fourth-order valence-electron chi connectivity index (χ4n) is 3.77. The van der Waals surface area contributed by atoms with Crippen LogP contribution >= 0.6 is 24.8 Å². The summed E-state index contributed by atoms with van der Waals surface area (Å²) < 4.78 is 0. The summed E-state index contributed by atoms with van der Waals surface area (Å²) in [6.07, 6.45) is 7.86. The zero-order chi connectivity index (χ0) is 16.5. The molecule has 3 heterocycles. The minimum atomic E-state index is 0. The van der Waals surface area contributed by atoms with Crippen LogP contribution in [0, 0.1) is 6.92 Å². The van der Waals surface area contributed by atoms with Crippen LogP contribution < -0.4 is 10.6 Å². The Balaban J connectivity index is 0.00000121. The van der Waals surface area contributed by atoms with Crippen LogP contribution in [0.5, 0.6) is 0 Å². The van der Waals surface area contributed by atoms with Gasteiger partial charge in [-0.15, -0.1) is 24.8 Å². The zero-order valence-corrected chi connectivity index (χ0v) is 16.5. The van der Waals surface area contributed by atoms with E-state index in [-0.39, 0.29) is 24.8 Å². The molecule has 2 fully saturated rings. The molecule has 26 heavy (non-hydrogen) atoms. The van der Waals surface area contributed by atoms with Gasteiger partial charge in [0.2, 0.25) is 0 Å². The van der Waals surface area contributed by atoms with Crippen molar-refractivity contribution in [1.82, 2.24) is 19.9 Å². The lowest BCUT2D eigenvalue weighted by Crippen LogP contribution is -2.36. The maximum absolute atomic E-state index is 5.90. The van der Waals surface area contributed by atoms with Crippen LogP contribution in [-0.4, -0.2) is 39.1 Å². The Morgan fingerprint density at radius 3 is 2.38 bits per heavy atom. The largest absolute Gasteiger partial charge is 0.356 e. The average Bonchev–Trinajstić information content (AvgIpc) is 2.59. The van der Waals surface area contributed by atoms with Gasteiger partial charge in [-0.05, 0) is 38.7 Å². The third-order valence-electron chi connectivity index (χ3n) is 5.30. The van der Waals surface area contributed by atoms with Crippen molar-refractivity contribution in [3.63, 3.8) is 0 Å². The Hall–Kier alpha value is -1.50. The second kappa shape index (κ2) is 8.93. The van der Waals surface area contributed by atoms with Crippen molar-refractivity contribution in [3.8, 4) is 0 Å². The summed E-state index contributed by atoms with van der Waals surface area (Å²) >= 11 is 0. The predicted octanol–water partition coefficient (Wildman–Crippen LogP) is 3.01. The van der Waals surface area contributed by atoms with Gasteiger partial charge in [0.25, 0.3) is 0 Å². The highest BCUT2D eigenvalue weighted by atomic mass is 35.5. The van der Waals surface area contributed by atoms with Gasteiger partial charge < -0.3 is 10.6 Å². The second-order valence-electron chi connectivity index (χ2n) is 7.02. The van der Waals surface area contributed by atoms with Crippen molar-refractivity contribution in [3.05, 3.63) is 41.9 Å². The van der Waals surface area contributed by atoms with Gasteiger partial charge in [-0.3, -0.25) is 0 Å². The predicted molar refractivity (Wildman–Crippen MR) is 107 cm³/mol. The smallest absolute Gasteiger partial charge is 0.132 e. The van der Waals surface area contributed by atoms with Crippen LogP contribution in [0.25, 0.3) is 0 Å². The van der Waals surface area contributed by atoms with Crippen LogP contribution in [0.2, 0.25) is 0 Å². The number of nitrogens with two attached hydrogens (primary N) is 1. The van der Waals surface area contributed by atoms with Gasteiger partial charge in [0.15, 0.2) is 0 Å². The van der Waals surface area contributed by atoms with Gasteiger partial charge in [-0.2, -0.15) is 0 Å². The Morgan fingerprint density at radius 2 is 1.73 bits per heavy atom. The molecule has 8 heteroatoms. The molecule has 0 spiro atoms. The maximum atomic E-state index is 5.90. The molecule has 2 aromatic rings. The van der Waals surface area contributed by atoms with E-state index in [1.165, 1.54) is 5.69 Å². The van der Waals surface area contributed by atoms with Crippen molar-refractivity contribution in [2.45, 2.75) is 50.5 Å². The van der Waals surface area contributed by atoms with E-state index < -0.39 is 0 Å². The number of nitrogens with zero attached hydrogens (tertiary/aromatic N) is 5. The molecule has 6 nitrogen and oxygen atoms in total. The zero-order valence-electron chi connectivity index (χ0n) is 14.9. The molecule has 0 atom stereocenters. The summed E-state index contributed by atoms with van der Waals surface area (Å²) in [5, 5.41) is 0. The standard InChI is InChI=1S/C18H24N6.2ClH/c1-12-20-5-2-16(23-12)13-3-6-24(7-4-13)18-10-17(21-11-22-18)14-8-15(19)9-14;;/h2,5,10-11,13-15H,3-4,6-9,19H2,1H3;2*1H. The van der Waals surface area contributed by atoms with E-state index in [0.717, 1.165) is 56.1 Å². The fourth-order valence-corrected chi connectivity index (χ4v) is 3.77. The van der Waals surface area contributed by atoms with E-state index in [1.54, 1.807) is 6.33 Å². The van der Waals surface area contributed by atoms with Gasteiger partial charge in [-0.1, -0.05) is 0 Å². The molecule has 142 valence electrons. The summed E-state index contributed by atoms with van der Waals surface area (Å²) in [7, 11) is 0. The monoisotopic (exact) mass is 396 g/mol. The molecule has 4 rings (SSSR count). The van der Waals surface area contributed by atoms with Crippen molar-refractivity contribution in [2.24, 2.45) is 5.73 Å². The number of anilines is 1. The molecule has 1 aliphatic carbocycles. The van der Waals surface area contributed by atoms with Crippen molar-refractivity contribution < 1.29 is 0 Å². The average molecular weight is 397 g/mol. The lowest BCUT2D eigenvalue weighted by atomic mass is 9.78. The highest BCUT2D eigenvalue weighted by molar-refractivity contribution is 5.85. The Kier molecular flexibility index (Phi) is 7.15. The number of hydrogen-bond acceptors (Lipinski definition) is 6. The Morgan fingerprint density at radius 1 is 1.00 bits per heavy atom. The number of hydrogen-bond donors (Lipinski definition) is 1. The van der Waals surface area contributed by atoms with E-state index in [0.29, 0.717) is 17.9 Å². The second-order valence-corrected chi connectivity index (χ2v) is 7.02. The molecular weight excluding hydrogens is 371 g/mol. The van der Waals surface area contributed by atoms with Crippen molar-refractivity contribution in [1.29, 1.82) is 0 Å². The SMILES string of the molecule is Cc1nccc(C2CCN(c3cc(C4CC(N)C4)ncn3)CC2)n1.Cl.Cl. The number of aryl methyl sites for hydroxylation is 1. The maximum Gasteiger partial charge on any atom is 0.132 e. The molecule has 2 N–H and O–H groups in total. The third kappa shape index (κ3) is 4.42. The molecule has 1 saturated carbocycles. The number of piperidine rings is 1. The summed E-state index contributed by atoms with van der Waals surface area (Å²) in [5.74, 6) is 2.95. The Bertz CT molecular complexity index is 714. The molecule has 0 unspecified atom stereocenters. The van der Waals surface area contributed by atoms with Gasteiger partial charge in [0.05, 0.1) is 0 Å². The lowest BCUT2D eigenvalue weighted by molar-refractivity contribution is 0.345. The summed E-state index contributed by atoms with van der Waals surface area (Å²) in [6.45, 7) is 3.97. The van der Waals surface area contributed by atoms with E-state index in [1.807, 2.05) is 13.1 Å². The molecular formula is C18H26Cl2N6. The first kappa shape index (κ1) is 20.8. The molecule has 1 aliphatic heterocycles. The fraction of sp³-hybridized carbons (Fsp3) is 0.556. The molecule has 2 aromatic heterocycles. The topological polar surface area (TPSA) is 80.8 Å². The number of halogens is 2. The highest BCUT2D eigenvalue weighted by Gasteiger charge is 2.29. The van der Waals surface area contributed by atoms with Gasteiger partial charge in [0, 0.05) is 54.6 Å². The normalized spacial score (nSPS) is 22.8. The minimum absolute atomic E-state index is 0. The molecule has 0 radical (unpaired) electrons. The quantitative estimate of drug-likeness (QED) is 0.858. The summed E-state index contributed by atoms with van der Waals surface area (Å²) in [6, 6.07) is 4.56. The highest BCUT2D eigenvalue weighted by Crippen LogP contribution is 2.36. The number of rotatable bonds is 3. The first-order chi connectivity index (χ1) is 11.7.